The van der Waals surface area contributed by atoms with Crippen molar-refractivity contribution in [1.82, 2.24) is 9.88 Å². The number of carbonyl (C=O) groups excluding carboxylic acids is 1. The first kappa shape index (κ1) is 22.0. The number of likely N-dealkylation sites (tertiary alicyclic amines) is 1. The van der Waals surface area contributed by atoms with Crippen LogP contribution in [0.5, 0.6) is 0 Å². The number of nitrogens with zero attached hydrogens (tertiary/aromatic N) is 2. The fraction of sp³-hybridized carbons (Fsp3) is 0.739. The van der Waals surface area contributed by atoms with Gasteiger partial charge in [-0.2, -0.15) is 0 Å². The van der Waals surface area contributed by atoms with Gasteiger partial charge in [0, 0.05) is 57.5 Å². The lowest BCUT2D eigenvalue weighted by molar-refractivity contribution is -0.188. The van der Waals surface area contributed by atoms with Gasteiger partial charge < -0.3 is 15.2 Å². The molecule has 1 spiro atoms. The first-order valence-electron chi connectivity index (χ1n) is 11.2. The van der Waals surface area contributed by atoms with Gasteiger partial charge in [-0.25, -0.2) is 0 Å². The molecule has 1 aromatic heterocycles. The van der Waals surface area contributed by atoms with E-state index in [9.17, 15) is 4.79 Å². The number of hydrogen-bond acceptors (Lipinski definition) is 5. The molecule has 4 fully saturated rings. The summed E-state index contributed by atoms with van der Waals surface area (Å²) in [4.78, 5) is 18.6. The van der Waals surface area contributed by atoms with E-state index in [1.165, 1.54) is 44.9 Å². The number of rotatable bonds is 4. The Morgan fingerprint density at radius 1 is 1.23 bits per heavy atom. The molecule has 1 aromatic rings. The number of pyridine rings is 1. The molecule has 0 radical (unpaired) electrons. The zero-order valence-electron chi connectivity index (χ0n) is 17.8. The Morgan fingerprint density at radius 2 is 1.90 bits per heavy atom. The SMILES string of the molecule is CO[C@@]1(c2ccnc(C(N)=O)c2)[C@@H]2CCC[C@H]1CN(C1CC3(CCOCC3)C1)C2.Cl. The minimum atomic E-state index is -0.475. The van der Waals surface area contributed by atoms with Gasteiger partial charge in [0.2, 0.25) is 0 Å². The van der Waals surface area contributed by atoms with Gasteiger partial charge in [-0.15, -0.1) is 12.4 Å². The van der Waals surface area contributed by atoms with E-state index in [-0.39, 0.29) is 18.0 Å². The largest absolute Gasteiger partial charge is 0.381 e. The van der Waals surface area contributed by atoms with Crippen LogP contribution in [0.3, 0.4) is 0 Å². The maximum absolute atomic E-state index is 11.7. The van der Waals surface area contributed by atoms with Crippen LogP contribution in [0.25, 0.3) is 0 Å². The Bertz CT molecular complexity index is 761. The number of amides is 1. The summed E-state index contributed by atoms with van der Waals surface area (Å²) in [5, 5.41) is 0. The fourth-order valence-corrected chi connectivity index (χ4v) is 6.91. The number of carbonyl (C=O) groups is 1. The summed E-state index contributed by atoms with van der Waals surface area (Å²) < 4.78 is 11.9. The van der Waals surface area contributed by atoms with Gasteiger partial charge in [0.25, 0.3) is 5.91 Å². The molecule has 6 nitrogen and oxygen atoms in total. The number of halogens is 1. The third-order valence-corrected chi connectivity index (χ3v) is 8.44. The first-order valence-corrected chi connectivity index (χ1v) is 11.2. The van der Waals surface area contributed by atoms with Crippen molar-refractivity contribution in [3.8, 4) is 0 Å². The molecule has 2 bridgehead atoms. The van der Waals surface area contributed by atoms with E-state index in [1.807, 2.05) is 19.2 Å². The van der Waals surface area contributed by atoms with Crippen molar-refractivity contribution in [3.05, 3.63) is 29.6 Å². The average Bonchev–Trinajstić information content (AvgIpc) is 2.71. The normalized spacial score (nSPS) is 33.5. The molecular formula is C23H34ClN3O3. The lowest BCUT2D eigenvalue weighted by atomic mass is 9.58. The fourth-order valence-electron chi connectivity index (χ4n) is 6.91. The van der Waals surface area contributed by atoms with Crippen LogP contribution in [0.1, 0.15) is 61.0 Å². The summed E-state index contributed by atoms with van der Waals surface area (Å²) in [5.74, 6) is 0.403. The van der Waals surface area contributed by atoms with Crippen molar-refractivity contribution >= 4 is 18.3 Å². The number of ether oxygens (including phenoxy) is 2. The molecule has 3 heterocycles. The van der Waals surface area contributed by atoms with E-state index in [4.69, 9.17) is 15.2 Å². The van der Waals surface area contributed by atoms with E-state index < -0.39 is 5.91 Å². The molecule has 2 aliphatic heterocycles. The highest BCUT2D eigenvalue weighted by atomic mass is 35.5. The lowest BCUT2D eigenvalue weighted by Crippen LogP contribution is -2.64. The Balaban J connectivity index is 0.00000218. The minimum absolute atomic E-state index is 0. The molecule has 3 atom stereocenters. The second-order valence-corrected chi connectivity index (χ2v) is 9.74. The summed E-state index contributed by atoms with van der Waals surface area (Å²) in [6, 6.07) is 4.61. The van der Waals surface area contributed by atoms with Crippen molar-refractivity contribution < 1.29 is 14.3 Å². The van der Waals surface area contributed by atoms with Gasteiger partial charge >= 0.3 is 0 Å². The molecule has 4 aliphatic rings. The van der Waals surface area contributed by atoms with Crippen LogP contribution in [0, 0.1) is 17.3 Å². The maximum atomic E-state index is 11.7. The van der Waals surface area contributed by atoms with Crippen LogP contribution in [0.2, 0.25) is 0 Å². The number of piperidine rings is 1. The summed E-state index contributed by atoms with van der Waals surface area (Å²) in [6.45, 7) is 4.04. The quantitative estimate of drug-likeness (QED) is 0.786. The van der Waals surface area contributed by atoms with Gasteiger partial charge in [0.05, 0.1) is 0 Å². The summed E-state index contributed by atoms with van der Waals surface area (Å²) in [7, 11) is 1.84. The predicted molar refractivity (Wildman–Crippen MR) is 117 cm³/mol. The molecule has 5 rings (SSSR count). The van der Waals surface area contributed by atoms with E-state index in [2.05, 4.69) is 9.88 Å². The number of nitrogens with two attached hydrogens (primary N) is 1. The molecule has 2 aliphatic carbocycles. The average molecular weight is 436 g/mol. The van der Waals surface area contributed by atoms with E-state index in [0.29, 0.717) is 29.0 Å². The number of primary amides is 1. The Kier molecular flexibility index (Phi) is 6.14. The molecule has 2 N–H and O–H groups in total. The minimum Gasteiger partial charge on any atom is -0.381 e. The molecule has 2 saturated heterocycles. The van der Waals surface area contributed by atoms with Crippen molar-refractivity contribution in [2.45, 2.75) is 56.6 Å². The number of methoxy groups -OCH3 is 1. The van der Waals surface area contributed by atoms with Crippen LogP contribution in [-0.4, -0.2) is 55.2 Å². The second-order valence-electron chi connectivity index (χ2n) is 9.74. The van der Waals surface area contributed by atoms with Gasteiger partial charge in [-0.3, -0.25) is 14.7 Å². The number of aromatic nitrogens is 1. The highest BCUT2D eigenvalue weighted by Crippen LogP contribution is 2.56. The highest BCUT2D eigenvalue weighted by Gasteiger charge is 2.56. The standard InChI is InChI=1S/C23H33N3O3.ClH/c1-28-23(16-5-8-25-20(11-16)21(24)27)17-3-2-4-18(23)15-26(14-17)19-12-22(13-19)6-9-29-10-7-22;/h5,8,11,17-19H,2-4,6-7,9-10,12-15H2,1H3,(H2,24,27);1H/t17-,18+,23+;. The van der Waals surface area contributed by atoms with Gasteiger partial charge in [0.15, 0.2) is 0 Å². The Morgan fingerprint density at radius 3 is 2.50 bits per heavy atom. The zero-order valence-corrected chi connectivity index (χ0v) is 18.7. The smallest absolute Gasteiger partial charge is 0.267 e. The summed E-state index contributed by atoms with van der Waals surface area (Å²) in [5.41, 5.74) is 7.14. The first-order chi connectivity index (χ1) is 14.1. The monoisotopic (exact) mass is 435 g/mol. The molecule has 30 heavy (non-hydrogen) atoms. The van der Waals surface area contributed by atoms with Crippen molar-refractivity contribution in [2.24, 2.45) is 23.0 Å². The zero-order chi connectivity index (χ0) is 20.1. The molecule has 1 amide bonds. The van der Waals surface area contributed by atoms with Crippen LogP contribution in [0.15, 0.2) is 18.3 Å². The number of fused-ring (bicyclic) bond motifs is 2. The van der Waals surface area contributed by atoms with Crippen molar-refractivity contribution in [2.75, 3.05) is 33.4 Å². The summed E-state index contributed by atoms with van der Waals surface area (Å²) in [6.07, 6.45) is 10.4. The third-order valence-electron chi connectivity index (χ3n) is 8.44. The van der Waals surface area contributed by atoms with Crippen LogP contribution in [-0.2, 0) is 15.1 Å². The van der Waals surface area contributed by atoms with Gasteiger partial charge in [-0.05, 0) is 61.6 Å². The molecule has 0 aromatic carbocycles. The third kappa shape index (κ3) is 3.46. The van der Waals surface area contributed by atoms with Crippen LogP contribution < -0.4 is 5.73 Å². The number of hydrogen-bond donors (Lipinski definition) is 1. The van der Waals surface area contributed by atoms with Crippen molar-refractivity contribution in [1.29, 1.82) is 0 Å². The topological polar surface area (TPSA) is 77.7 Å². The van der Waals surface area contributed by atoms with Gasteiger partial charge in [0.1, 0.15) is 11.3 Å². The molecular weight excluding hydrogens is 402 g/mol. The lowest BCUT2D eigenvalue weighted by Gasteiger charge is -2.60. The summed E-state index contributed by atoms with van der Waals surface area (Å²) >= 11 is 0. The second kappa shape index (κ2) is 8.38. The van der Waals surface area contributed by atoms with Gasteiger partial charge in [-0.1, -0.05) is 6.42 Å². The van der Waals surface area contributed by atoms with E-state index in [1.54, 1.807) is 6.20 Å². The van der Waals surface area contributed by atoms with Crippen molar-refractivity contribution in [3.63, 3.8) is 0 Å². The highest BCUT2D eigenvalue weighted by molar-refractivity contribution is 5.90. The predicted octanol–water partition coefficient (Wildman–Crippen LogP) is 3.14. The molecule has 166 valence electrons. The van der Waals surface area contributed by atoms with E-state index >= 15 is 0 Å². The molecule has 0 unspecified atom stereocenters. The molecule has 7 heteroatoms. The molecule has 2 saturated carbocycles. The van der Waals surface area contributed by atoms with Crippen LogP contribution >= 0.6 is 12.4 Å². The van der Waals surface area contributed by atoms with E-state index in [0.717, 1.165) is 31.9 Å². The Labute approximate surface area is 185 Å². The Hall–Kier alpha value is -1.21. The van der Waals surface area contributed by atoms with Crippen LogP contribution in [0.4, 0.5) is 0 Å². The maximum Gasteiger partial charge on any atom is 0.267 e.